The summed E-state index contributed by atoms with van der Waals surface area (Å²) in [6.45, 7) is 4.76. The second-order valence-corrected chi connectivity index (χ2v) is 4.17. The lowest BCUT2D eigenvalue weighted by Gasteiger charge is -2.10. The van der Waals surface area contributed by atoms with Crippen LogP contribution >= 0.6 is 12.4 Å². The Morgan fingerprint density at radius 3 is 2.33 bits per heavy atom. The number of carbonyl (C=O) groups is 1. The number of ether oxygens (including phenoxy) is 2. The summed E-state index contributed by atoms with van der Waals surface area (Å²) in [4.78, 5) is 11.8. The van der Waals surface area contributed by atoms with Crippen molar-refractivity contribution in [2.45, 2.75) is 13.8 Å². The van der Waals surface area contributed by atoms with Crippen LogP contribution in [0.1, 0.15) is 24.2 Å². The molecule has 0 heterocycles. The first-order valence-corrected chi connectivity index (χ1v) is 5.58. The number of carbonyl (C=O) groups excluding carboxylic acids is 1. The molecule has 0 aliphatic heterocycles. The summed E-state index contributed by atoms with van der Waals surface area (Å²) in [5.74, 6) is 1.51. The van der Waals surface area contributed by atoms with Crippen LogP contribution in [0.2, 0.25) is 0 Å². The number of rotatable bonds is 5. The van der Waals surface area contributed by atoms with Crippen LogP contribution in [0.25, 0.3) is 0 Å². The van der Waals surface area contributed by atoms with Gasteiger partial charge in [-0.15, -0.1) is 12.4 Å². The Hall–Kier alpha value is -1.42. The predicted molar refractivity (Wildman–Crippen MR) is 74.0 cm³/mol. The fourth-order valence-corrected chi connectivity index (χ4v) is 1.38. The zero-order valence-corrected chi connectivity index (χ0v) is 12.0. The molecule has 0 saturated carbocycles. The predicted octanol–water partition coefficient (Wildman–Crippen LogP) is 2.51. The van der Waals surface area contributed by atoms with E-state index in [4.69, 9.17) is 9.47 Å². The maximum absolute atomic E-state index is 11.8. The number of methoxy groups -OCH3 is 2. The summed E-state index contributed by atoms with van der Waals surface area (Å²) in [6, 6.07) is 5.12. The molecular formula is C13H20ClNO3. The van der Waals surface area contributed by atoms with Crippen LogP contribution in [0.5, 0.6) is 11.5 Å². The van der Waals surface area contributed by atoms with Crippen molar-refractivity contribution in [2.24, 2.45) is 5.92 Å². The number of hydrogen-bond donors (Lipinski definition) is 1. The number of nitrogens with one attached hydrogen (secondary N) is 1. The van der Waals surface area contributed by atoms with Gasteiger partial charge >= 0.3 is 0 Å². The summed E-state index contributed by atoms with van der Waals surface area (Å²) in [5.41, 5.74) is 0.572. The molecule has 0 radical (unpaired) electrons. The molecule has 1 aromatic rings. The fourth-order valence-electron chi connectivity index (χ4n) is 1.38. The summed E-state index contributed by atoms with van der Waals surface area (Å²) in [7, 11) is 3.12. The van der Waals surface area contributed by atoms with Crippen molar-refractivity contribution in [1.82, 2.24) is 5.32 Å². The second-order valence-electron chi connectivity index (χ2n) is 4.17. The Morgan fingerprint density at radius 1 is 1.22 bits per heavy atom. The standard InChI is InChI=1S/C13H19NO3.ClH/c1-9(2)8-14-13(15)10-5-6-11(16-3)12(7-10)17-4;/h5-7,9H,8H2,1-4H3,(H,14,15);1H. The minimum absolute atomic E-state index is 0. The second kappa shape index (κ2) is 7.82. The summed E-state index contributed by atoms with van der Waals surface area (Å²) < 4.78 is 10.3. The van der Waals surface area contributed by atoms with E-state index in [9.17, 15) is 4.79 Å². The lowest BCUT2D eigenvalue weighted by Crippen LogP contribution is -2.27. The third kappa shape index (κ3) is 4.45. The van der Waals surface area contributed by atoms with Gasteiger partial charge in [-0.25, -0.2) is 0 Å². The van der Waals surface area contributed by atoms with E-state index in [1.807, 2.05) is 0 Å². The molecule has 0 unspecified atom stereocenters. The SMILES string of the molecule is COc1ccc(C(=O)NCC(C)C)cc1OC.Cl. The average molecular weight is 274 g/mol. The van der Waals surface area contributed by atoms with Crippen molar-refractivity contribution >= 4 is 18.3 Å². The molecule has 18 heavy (non-hydrogen) atoms. The minimum Gasteiger partial charge on any atom is -0.493 e. The molecule has 0 saturated heterocycles. The van der Waals surface area contributed by atoms with E-state index in [0.717, 1.165) is 0 Å². The van der Waals surface area contributed by atoms with Crippen LogP contribution in [0.3, 0.4) is 0 Å². The number of hydrogen-bond acceptors (Lipinski definition) is 3. The van der Waals surface area contributed by atoms with Gasteiger partial charge in [-0.05, 0) is 24.1 Å². The van der Waals surface area contributed by atoms with Crippen LogP contribution in [-0.4, -0.2) is 26.7 Å². The smallest absolute Gasteiger partial charge is 0.251 e. The van der Waals surface area contributed by atoms with Crippen molar-refractivity contribution in [3.8, 4) is 11.5 Å². The summed E-state index contributed by atoms with van der Waals surface area (Å²) in [5, 5.41) is 2.85. The molecule has 0 atom stereocenters. The van der Waals surface area contributed by atoms with Gasteiger partial charge in [-0.1, -0.05) is 13.8 Å². The zero-order valence-electron chi connectivity index (χ0n) is 11.1. The Labute approximate surface area is 114 Å². The van der Waals surface area contributed by atoms with E-state index in [1.165, 1.54) is 0 Å². The van der Waals surface area contributed by atoms with Crippen molar-refractivity contribution in [2.75, 3.05) is 20.8 Å². The van der Waals surface area contributed by atoms with E-state index in [0.29, 0.717) is 29.5 Å². The van der Waals surface area contributed by atoms with E-state index in [1.54, 1.807) is 32.4 Å². The van der Waals surface area contributed by atoms with Crippen LogP contribution in [-0.2, 0) is 0 Å². The highest BCUT2D eigenvalue weighted by atomic mass is 35.5. The number of amides is 1. The van der Waals surface area contributed by atoms with Crippen LogP contribution in [0.4, 0.5) is 0 Å². The van der Waals surface area contributed by atoms with Gasteiger partial charge < -0.3 is 14.8 Å². The van der Waals surface area contributed by atoms with Gasteiger partial charge in [0.25, 0.3) is 5.91 Å². The molecule has 0 aromatic heterocycles. The molecule has 102 valence electrons. The third-order valence-corrected chi connectivity index (χ3v) is 2.32. The molecule has 0 fully saturated rings. The van der Waals surface area contributed by atoms with Crippen molar-refractivity contribution in [3.63, 3.8) is 0 Å². The number of benzene rings is 1. The Balaban J connectivity index is 0.00000289. The Bertz CT molecular complexity index is 394. The van der Waals surface area contributed by atoms with E-state index in [-0.39, 0.29) is 18.3 Å². The maximum atomic E-state index is 11.8. The van der Waals surface area contributed by atoms with Gasteiger partial charge in [-0.2, -0.15) is 0 Å². The molecule has 5 heteroatoms. The first-order valence-electron chi connectivity index (χ1n) is 5.58. The number of halogens is 1. The largest absolute Gasteiger partial charge is 0.493 e. The molecule has 0 bridgehead atoms. The van der Waals surface area contributed by atoms with Gasteiger partial charge in [0.2, 0.25) is 0 Å². The molecule has 1 aromatic carbocycles. The highest BCUT2D eigenvalue weighted by molar-refractivity contribution is 5.94. The van der Waals surface area contributed by atoms with Gasteiger partial charge in [-0.3, -0.25) is 4.79 Å². The Kier molecular flexibility index (Phi) is 7.20. The summed E-state index contributed by atoms with van der Waals surface area (Å²) >= 11 is 0. The summed E-state index contributed by atoms with van der Waals surface area (Å²) in [6.07, 6.45) is 0. The minimum atomic E-state index is -0.0975. The average Bonchev–Trinajstić information content (AvgIpc) is 2.34. The van der Waals surface area contributed by atoms with E-state index < -0.39 is 0 Å². The van der Waals surface area contributed by atoms with Gasteiger partial charge in [0, 0.05) is 12.1 Å². The molecule has 0 aliphatic rings. The van der Waals surface area contributed by atoms with Gasteiger partial charge in [0.05, 0.1) is 14.2 Å². The van der Waals surface area contributed by atoms with E-state index >= 15 is 0 Å². The Morgan fingerprint density at radius 2 is 1.83 bits per heavy atom. The fraction of sp³-hybridized carbons (Fsp3) is 0.462. The molecule has 4 nitrogen and oxygen atoms in total. The topological polar surface area (TPSA) is 47.6 Å². The van der Waals surface area contributed by atoms with Crippen LogP contribution in [0.15, 0.2) is 18.2 Å². The van der Waals surface area contributed by atoms with Gasteiger partial charge in [0.1, 0.15) is 0 Å². The van der Waals surface area contributed by atoms with E-state index in [2.05, 4.69) is 19.2 Å². The molecule has 1 amide bonds. The normalized spacial score (nSPS) is 9.61. The molecule has 1 N–H and O–H groups in total. The lowest BCUT2D eigenvalue weighted by molar-refractivity contribution is 0.0948. The zero-order chi connectivity index (χ0) is 12.8. The molecular weight excluding hydrogens is 254 g/mol. The quantitative estimate of drug-likeness (QED) is 0.897. The van der Waals surface area contributed by atoms with Gasteiger partial charge in [0.15, 0.2) is 11.5 Å². The van der Waals surface area contributed by atoms with Crippen molar-refractivity contribution in [1.29, 1.82) is 0 Å². The highest BCUT2D eigenvalue weighted by Crippen LogP contribution is 2.27. The maximum Gasteiger partial charge on any atom is 0.251 e. The third-order valence-electron chi connectivity index (χ3n) is 2.32. The molecule has 0 spiro atoms. The van der Waals surface area contributed by atoms with Crippen LogP contribution in [0, 0.1) is 5.92 Å². The molecule has 0 aliphatic carbocycles. The van der Waals surface area contributed by atoms with Crippen molar-refractivity contribution in [3.05, 3.63) is 23.8 Å². The monoisotopic (exact) mass is 273 g/mol. The highest BCUT2D eigenvalue weighted by Gasteiger charge is 2.10. The van der Waals surface area contributed by atoms with Crippen LogP contribution < -0.4 is 14.8 Å². The first-order chi connectivity index (χ1) is 8.08. The molecule has 1 rings (SSSR count). The first kappa shape index (κ1) is 16.6. The van der Waals surface area contributed by atoms with Crippen molar-refractivity contribution < 1.29 is 14.3 Å². The lowest BCUT2D eigenvalue weighted by atomic mass is 10.1.